The van der Waals surface area contributed by atoms with Gasteiger partial charge in [0.25, 0.3) is 5.91 Å². The van der Waals surface area contributed by atoms with E-state index in [4.69, 9.17) is 9.26 Å². The van der Waals surface area contributed by atoms with Crippen LogP contribution in [0.5, 0.6) is 0 Å². The zero-order valence-corrected chi connectivity index (χ0v) is 21.3. The number of hydrogen-bond acceptors (Lipinski definition) is 7. The largest absolute Gasteiger partial charge is 0.382 e. The molecule has 1 amide bonds. The van der Waals surface area contributed by atoms with Gasteiger partial charge in [-0.25, -0.2) is 0 Å². The van der Waals surface area contributed by atoms with Crippen LogP contribution in [0.4, 0.5) is 11.4 Å². The van der Waals surface area contributed by atoms with Crippen molar-refractivity contribution < 1.29 is 23.5 Å². The van der Waals surface area contributed by atoms with E-state index in [1.807, 2.05) is 36.0 Å². The smallest absolute Gasteiger partial charge is 0.325 e. The molecule has 0 fully saturated rings. The van der Waals surface area contributed by atoms with Crippen LogP contribution >= 0.6 is 19.4 Å². The predicted octanol–water partition coefficient (Wildman–Crippen LogP) is 5.82. The second-order valence-corrected chi connectivity index (χ2v) is 11.0. The van der Waals surface area contributed by atoms with Crippen molar-refractivity contribution in [2.45, 2.75) is 37.8 Å². The molecule has 2 N–H and O–H groups in total. The van der Waals surface area contributed by atoms with Crippen LogP contribution in [0.15, 0.2) is 63.7 Å². The summed E-state index contributed by atoms with van der Waals surface area (Å²) in [4.78, 5) is 23.2. The van der Waals surface area contributed by atoms with Gasteiger partial charge in [-0.15, -0.1) is 11.8 Å². The predicted molar refractivity (Wildman–Crippen MR) is 132 cm³/mol. The molecule has 8 nitrogen and oxygen atoms in total. The molecule has 33 heavy (non-hydrogen) atoms. The lowest BCUT2D eigenvalue weighted by molar-refractivity contribution is 0.0702. The highest BCUT2D eigenvalue weighted by Gasteiger charge is 2.26. The highest BCUT2D eigenvalue weighted by Crippen LogP contribution is 2.38. The fourth-order valence-corrected chi connectivity index (χ4v) is 4.39. The van der Waals surface area contributed by atoms with Gasteiger partial charge in [-0.1, -0.05) is 13.8 Å². The topological polar surface area (TPSA) is 110 Å². The highest BCUT2D eigenvalue weighted by molar-refractivity contribution is 7.99. The van der Waals surface area contributed by atoms with Gasteiger partial charge >= 0.3 is 7.60 Å². The monoisotopic (exact) mass is 493 g/mol. The summed E-state index contributed by atoms with van der Waals surface area (Å²) in [5.74, 6) is 1.35. The SMILES string of the molecule is COC[C@@H](NC(=O)c1ccc(N=Nc2ccc(SCC(C)C)cc2)cc1)[C@@H](C)OP(C)(=O)O. The molecule has 0 radical (unpaired) electrons. The van der Waals surface area contributed by atoms with Gasteiger partial charge in [-0.2, -0.15) is 10.2 Å². The number of thioether (sulfide) groups is 1. The van der Waals surface area contributed by atoms with E-state index in [2.05, 4.69) is 29.4 Å². The number of ether oxygens (including phenoxy) is 1. The second-order valence-electron chi connectivity index (χ2n) is 8.09. The van der Waals surface area contributed by atoms with Crippen molar-refractivity contribution in [3.05, 3.63) is 54.1 Å². The number of nitrogens with zero attached hydrogens (tertiary/aromatic N) is 2. The summed E-state index contributed by atoms with van der Waals surface area (Å²) in [5.41, 5.74) is 1.78. The Labute approximate surface area is 199 Å². The molecule has 0 saturated carbocycles. The van der Waals surface area contributed by atoms with Crippen LogP contribution < -0.4 is 5.32 Å². The molecule has 2 aromatic carbocycles. The molecule has 2 aromatic rings. The van der Waals surface area contributed by atoms with Crippen molar-refractivity contribution in [3.8, 4) is 0 Å². The number of nitrogens with one attached hydrogen (secondary N) is 1. The molecule has 10 heteroatoms. The van der Waals surface area contributed by atoms with Crippen LogP contribution in [0.1, 0.15) is 31.1 Å². The molecule has 0 heterocycles. The maximum Gasteiger partial charge on any atom is 0.325 e. The number of methoxy groups -OCH3 is 1. The summed E-state index contributed by atoms with van der Waals surface area (Å²) >= 11 is 1.82. The normalized spacial score (nSPS) is 15.4. The van der Waals surface area contributed by atoms with Gasteiger partial charge in [-0.3, -0.25) is 9.36 Å². The Kier molecular flexibility index (Phi) is 10.7. The van der Waals surface area contributed by atoms with Crippen LogP contribution in [-0.2, 0) is 13.8 Å². The number of azo groups is 1. The van der Waals surface area contributed by atoms with Crippen molar-refractivity contribution in [2.24, 2.45) is 16.1 Å². The van der Waals surface area contributed by atoms with Crippen molar-refractivity contribution in [2.75, 3.05) is 26.1 Å². The van der Waals surface area contributed by atoms with Crippen molar-refractivity contribution in [3.63, 3.8) is 0 Å². The Morgan fingerprint density at radius 1 is 1.06 bits per heavy atom. The summed E-state index contributed by atoms with van der Waals surface area (Å²) in [5, 5.41) is 11.3. The molecule has 3 atom stereocenters. The third-order valence-electron chi connectivity index (χ3n) is 4.42. The van der Waals surface area contributed by atoms with Gasteiger partial charge in [0.15, 0.2) is 0 Å². The third kappa shape index (κ3) is 10.2. The fraction of sp³-hybridized carbons (Fsp3) is 0.435. The van der Waals surface area contributed by atoms with Gasteiger partial charge in [0.2, 0.25) is 0 Å². The minimum absolute atomic E-state index is 0.133. The Balaban J connectivity index is 1.97. The van der Waals surface area contributed by atoms with Crippen molar-refractivity contribution in [1.29, 1.82) is 0 Å². The Hall–Kier alpha value is -2.03. The highest BCUT2D eigenvalue weighted by atomic mass is 32.2. The van der Waals surface area contributed by atoms with Gasteiger partial charge in [0.05, 0.1) is 30.1 Å². The van der Waals surface area contributed by atoms with Gasteiger partial charge < -0.3 is 19.5 Å². The van der Waals surface area contributed by atoms with Crippen LogP contribution in [0.25, 0.3) is 0 Å². The first kappa shape index (κ1) is 27.2. The fourth-order valence-electron chi connectivity index (χ4n) is 2.77. The molecule has 0 spiro atoms. The van der Waals surface area contributed by atoms with E-state index in [0.717, 1.165) is 18.1 Å². The average Bonchev–Trinajstić information content (AvgIpc) is 2.75. The molecule has 180 valence electrons. The summed E-state index contributed by atoms with van der Waals surface area (Å²) < 4.78 is 21.7. The molecule has 0 aromatic heterocycles. The Morgan fingerprint density at radius 2 is 1.61 bits per heavy atom. The van der Waals surface area contributed by atoms with Gasteiger partial charge in [0.1, 0.15) is 0 Å². The molecular weight excluding hydrogens is 461 g/mol. The molecule has 1 unspecified atom stereocenters. The van der Waals surface area contributed by atoms with Crippen molar-refractivity contribution >= 4 is 36.6 Å². The molecule has 0 saturated heterocycles. The van der Waals surface area contributed by atoms with E-state index in [1.165, 1.54) is 12.0 Å². The van der Waals surface area contributed by atoms with E-state index < -0.39 is 19.7 Å². The first-order chi connectivity index (χ1) is 15.6. The third-order valence-corrected chi connectivity index (χ3v) is 6.58. The Morgan fingerprint density at radius 3 is 2.09 bits per heavy atom. The molecule has 0 aliphatic carbocycles. The number of benzene rings is 2. The molecule has 2 rings (SSSR count). The number of amides is 1. The first-order valence-electron chi connectivity index (χ1n) is 10.6. The molecule has 0 aliphatic heterocycles. The number of hydrogen-bond donors (Lipinski definition) is 2. The lowest BCUT2D eigenvalue weighted by Crippen LogP contribution is -2.45. The maximum atomic E-state index is 12.6. The summed E-state index contributed by atoms with van der Waals surface area (Å²) in [6, 6.07) is 14.0. The second kappa shape index (κ2) is 13.0. The lowest BCUT2D eigenvalue weighted by atomic mass is 10.1. The minimum Gasteiger partial charge on any atom is -0.382 e. The van der Waals surface area contributed by atoms with Crippen LogP contribution in [-0.4, -0.2) is 49.1 Å². The summed E-state index contributed by atoms with van der Waals surface area (Å²) in [7, 11) is -2.22. The average molecular weight is 494 g/mol. The first-order valence-corrected chi connectivity index (χ1v) is 13.6. The van der Waals surface area contributed by atoms with E-state index in [-0.39, 0.29) is 12.5 Å². The molecular formula is C23H32N3O5PS. The summed E-state index contributed by atoms with van der Waals surface area (Å²) in [6.45, 7) is 7.23. The van der Waals surface area contributed by atoms with Gasteiger partial charge in [-0.05, 0) is 61.4 Å². The number of carbonyl (C=O) groups is 1. The standard InChI is InChI=1S/C23H32N3O5PS/c1-16(2)15-33-21-12-10-20(11-13-21)26-25-19-8-6-18(7-9-19)23(27)24-22(14-30-4)17(3)31-32(5,28)29/h6-13,16-17,22H,14-15H2,1-5H3,(H,24,27)(H,28,29)/t17-,22-/m1/s1. The number of carbonyl (C=O) groups excluding carboxylic acids is 1. The molecule has 0 bridgehead atoms. The minimum atomic E-state index is -3.70. The maximum absolute atomic E-state index is 12.6. The van der Waals surface area contributed by atoms with Crippen LogP contribution in [0, 0.1) is 5.92 Å². The van der Waals surface area contributed by atoms with Crippen molar-refractivity contribution in [1.82, 2.24) is 5.32 Å². The molecule has 0 aliphatic rings. The number of rotatable bonds is 12. The van der Waals surface area contributed by atoms with Gasteiger partial charge in [0, 0.05) is 30.0 Å². The zero-order valence-electron chi connectivity index (χ0n) is 19.6. The van der Waals surface area contributed by atoms with Crippen LogP contribution in [0.2, 0.25) is 0 Å². The van der Waals surface area contributed by atoms with E-state index in [9.17, 15) is 14.3 Å². The quantitative estimate of drug-likeness (QED) is 0.219. The Bertz CT molecular complexity index is 961. The summed E-state index contributed by atoms with van der Waals surface area (Å²) in [6.07, 6.45) is -0.710. The van der Waals surface area contributed by atoms with E-state index >= 15 is 0 Å². The van der Waals surface area contributed by atoms with E-state index in [1.54, 1.807) is 31.2 Å². The van der Waals surface area contributed by atoms with E-state index in [0.29, 0.717) is 17.2 Å². The zero-order chi connectivity index (χ0) is 24.4. The lowest BCUT2D eigenvalue weighted by Gasteiger charge is -2.25. The van der Waals surface area contributed by atoms with Crippen LogP contribution in [0.3, 0.4) is 0 Å².